The fourth-order valence-electron chi connectivity index (χ4n) is 3.54. The van der Waals surface area contributed by atoms with Gasteiger partial charge in [0.05, 0.1) is 5.69 Å². The van der Waals surface area contributed by atoms with E-state index in [4.69, 9.17) is 5.73 Å². The standard InChI is InChI=1S/C21H22N4O/c22-21-18(13-19(24-25-21)17-3-1-2-4-20(17)26)16-7-5-14(6-8-16)15-9-11-23-12-10-15/h1-8,13,15,23,26H,9-12H2,(H2,22,25). The molecule has 0 radical (unpaired) electrons. The number of nitrogens with two attached hydrogens (primary N) is 1. The molecule has 1 aliphatic heterocycles. The third-order valence-electron chi connectivity index (χ3n) is 5.03. The smallest absolute Gasteiger partial charge is 0.154 e. The average molecular weight is 346 g/mol. The topological polar surface area (TPSA) is 84.1 Å². The van der Waals surface area contributed by atoms with Crippen LogP contribution in [0.25, 0.3) is 22.4 Å². The highest BCUT2D eigenvalue weighted by atomic mass is 16.3. The minimum absolute atomic E-state index is 0.179. The average Bonchev–Trinajstić information content (AvgIpc) is 2.70. The number of aromatic hydroxyl groups is 1. The molecule has 4 N–H and O–H groups in total. The summed E-state index contributed by atoms with van der Waals surface area (Å²) in [6, 6.07) is 17.6. The molecule has 1 aromatic heterocycles. The lowest BCUT2D eigenvalue weighted by Crippen LogP contribution is -2.26. The number of phenolic OH excluding ortho intramolecular Hbond substituents is 1. The Morgan fingerprint density at radius 2 is 1.65 bits per heavy atom. The van der Waals surface area contributed by atoms with Gasteiger partial charge in [-0.25, -0.2) is 0 Å². The monoisotopic (exact) mass is 346 g/mol. The molecule has 0 saturated carbocycles. The van der Waals surface area contributed by atoms with Crippen LogP contribution in [0.2, 0.25) is 0 Å². The van der Waals surface area contributed by atoms with Gasteiger partial charge in [0.2, 0.25) is 0 Å². The third-order valence-corrected chi connectivity index (χ3v) is 5.03. The SMILES string of the molecule is Nc1nnc(-c2ccccc2O)cc1-c1ccc(C2CCNCC2)cc1. The van der Waals surface area contributed by atoms with E-state index >= 15 is 0 Å². The number of anilines is 1. The highest BCUT2D eigenvalue weighted by Gasteiger charge is 2.16. The summed E-state index contributed by atoms with van der Waals surface area (Å²) in [4.78, 5) is 0. The Bertz CT molecular complexity index is 902. The van der Waals surface area contributed by atoms with Gasteiger partial charge in [0, 0.05) is 11.1 Å². The van der Waals surface area contributed by atoms with Crippen LogP contribution in [0.3, 0.4) is 0 Å². The Kier molecular flexibility index (Phi) is 4.54. The molecule has 4 rings (SSSR count). The van der Waals surface area contributed by atoms with E-state index in [1.165, 1.54) is 18.4 Å². The van der Waals surface area contributed by atoms with E-state index in [0.717, 1.165) is 24.2 Å². The van der Waals surface area contributed by atoms with Crippen LogP contribution in [-0.2, 0) is 0 Å². The summed E-state index contributed by atoms with van der Waals surface area (Å²) in [5.74, 6) is 1.19. The van der Waals surface area contributed by atoms with Crippen molar-refractivity contribution in [2.45, 2.75) is 18.8 Å². The molecule has 0 amide bonds. The zero-order valence-corrected chi connectivity index (χ0v) is 14.5. The zero-order valence-electron chi connectivity index (χ0n) is 14.5. The predicted molar refractivity (Wildman–Crippen MR) is 104 cm³/mol. The number of nitrogen functional groups attached to an aromatic ring is 1. The Morgan fingerprint density at radius 1 is 0.923 bits per heavy atom. The quantitative estimate of drug-likeness (QED) is 0.675. The van der Waals surface area contributed by atoms with Crippen molar-refractivity contribution in [1.82, 2.24) is 15.5 Å². The summed E-state index contributed by atoms with van der Waals surface area (Å²) >= 11 is 0. The fourth-order valence-corrected chi connectivity index (χ4v) is 3.54. The molecule has 2 aromatic carbocycles. The fraction of sp³-hybridized carbons (Fsp3) is 0.238. The van der Waals surface area contributed by atoms with E-state index < -0.39 is 0 Å². The summed E-state index contributed by atoms with van der Waals surface area (Å²) in [7, 11) is 0. The van der Waals surface area contributed by atoms with Gasteiger partial charge in [-0.05, 0) is 61.2 Å². The molecular weight excluding hydrogens is 324 g/mol. The van der Waals surface area contributed by atoms with Gasteiger partial charge < -0.3 is 16.2 Å². The van der Waals surface area contributed by atoms with Crippen molar-refractivity contribution in [2.24, 2.45) is 0 Å². The lowest BCUT2D eigenvalue weighted by molar-refractivity contribution is 0.460. The number of rotatable bonds is 3. The van der Waals surface area contributed by atoms with Gasteiger partial charge >= 0.3 is 0 Å². The van der Waals surface area contributed by atoms with Crippen LogP contribution in [-0.4, -0.2) is 28.4 Å². The van der Waals surface area contributed by atoms with Crippen LogP contribution in [0, 0.1) is 0 Å². The maximum Gasteiger partial charge on any atom is 0.154 e. The summed E-state index contributed by atoms with van der Waals surface area (Å²) in [6.45, 7) is 2.16. The summed E-state index contributed by atoms with van der Waals surface area (Å²) in [5.41, 5.74) is 10.5. The van der Waals surface area contributed by atoms with E-state index in [2.05, 4.69) is 39.8 Å². The van der Waals surface area contributed by atoms with Gasteiger partial charge in [-0.2, -0.15) is 0 Å². The van der Waals surface area contributed by atoms with Crippen LogP contribution in [0.1, 0.15) is 24.3 Å². The van der Waals surface area contributed by atoms with Crippen molar-refractivity contribution in [3.8, 4) is 28.1 Å². The Labute approximate surface area is 152 Å². The van der Waals surface area contributed by atoms with Crippen molar-refractivity contribution < 1.29 is 5.11 Å². The highest BCUT2D eigenvalue weighted by Crippen LogP contribution is 2.33. The van der Waals surface area contributed by atoms with Crippen molar-refractivity contribution in [1.29, 1.82) is 0 Å². The second-order valence-corrected chi connectivity index (χ2v) is 6.69. The highest BCUT2D eigenvalue weighted by molar-refractivity contribution is 5.79. The third kappa shape index (κ3) is 3.26. The van der Waals surface area contributed by atoms with E-state index in [9.17, 15) is 5.11 Å². The van der Waals surface area contributed by atoms with Crippen molar-refractivity contribution in [3.05, 3.63) is 60.2 Å². The minimum atomic E-state index is 0.179. The number of hydrogen-bond acceptors (Lipinski definition) is 5. The molecule has 5 heteroatoms. The molecule has 0 unspecified atom stereocenters. The molecule has 1 aliphatic rings. The van der Waals surface area contributed by atoms with Crippen LogP contribution in [0.5, 0.6) is 5.75 Å². The number of piperidine rings is 1. The van der Waals surface area contributed by atoms with E-state index in [1.54, 1.807) is 12.1 Å². The van der Waals surface area contributed by atoms with Crippen LogP contribution in [0.4, 0.5) is 5.82 Å². The van der Waals surface area contributed by atoms with Crippen LogP contribution < -0.4 is 11.1 Å². The molecule has 26 heavy (non-hydrogen) atoms. The van der Waals surface area contributed by atoms with Gasteiger partial charge in [-0.15, -0.1) is 10.2 Å². The summed E-state index contributed by atoms with van der Waals surface area (Å²) in [5, 5.41) is 21.7. The Morgan fingerprint density at radius 3 is 2.38 bits per heavy atom. The molecule has 132 valence electrons. The Balaban J connectivity index is 1.67. The van der Waals surface area contributed by atoms with E-state index in [1.807, 2.05) is 18.2 Å². The Hall–Kier alpha value is -2.92. The molecule has 0 spiro atoms. The van der Waals surface area contributed by atoms with Crippen LogP contribution >= 0.6 is 0 Å². The van der Waals surface area contributed by atoms with Crippen molar-refractivity contribution >= 4 is 5.82 Å². The zero-order chi connectivity index (χ0) is 17.9. The molecule has 2 heterocycles. The number of nitrogens with zero attached hydrogens (tertiary/aromatic N) is 2. The molecular formula is C21H22N4O. The van der Waals surface area contributed by atoms with E-state index in [0.29, 0.717) is 23.0 Å². The number of hydrogen-bond donors (Lipinski definition) is 3. The first-order valence-corrected chi connectivity index (χ1v) is 8.95. The van der Waals surface area contributed by atoms with Gasteiger partial charge in [-0.3, -0.25) is 0 Å². The first kappa shape index (κ1) is 16.5. The molecule has 0 aliphatic carbocycles. The van der Waals surface area contributed by atoms with Crippen LogP contribution in [0.15, 0.2) is 54.6 Å². The maximum absolute atomic E-state index is 10.1. The van der Waals surface area contributed by atoms with Crippen molar-refractivity contribution in [3.63, 3.8) is 0 Å². The van der Waals surface area contributed by atoms with Gasteiger partial charge in [0.25, 0.3) is 0 Å². The summed E-state index contributed by atoms with van der Waals surface area (Å²) in [6.07, 6.45) is 2.35. The number of phenols is 1. The lowest BCUT2D eigenvalue weighted by atomic mass is 9.89. The first-order chi connectivity index (χ1) is 12.7. The largest absolute Gasteiger partial charge is 0.507 e. The molecule has 5 nitrogen and oxygen atoms in total. The second kappa shape index (κ2) is 7.14. The molecule has 3 aromatic rings. The number of aromatic nitrogens is 2. The molecule has 0 atom stereocenters. The molecule has 1 fully saturated rings. The summed E-state index contributed by atoms with van der Waals surface area (Å²) < 4.78 is 0. The van der Waals surface area contributed by atoms with Gasteiger partial charge in [-0.1, -0.05) is 36.4 Å². The number of nitrogens with one attached hydrogen (secondary N) is 1. The molecule has 1 saturated heterocycles. The number of benzene rings is 2. The second-order valence-electron chi connectivity index (χ2n) is 6.69. The van der Waals surface area contributed by atoms with E-state index in [-0.39, 0.29) is 5.75 Å². The van der Waals surface area contributed by atoms with Crippen molar-refractivity contribution in [2.75, 3.05) is 18.8 Å². The normalized spacial score (nSPS) is 15.1. The van der Waals surface area contributed by atoms with Gasteiger partial charge in [0.1, 0.15) is 5.75 Å². The predicted octanol–water partition coefficient (Wildman–Crippen LogP) is 3.57. The first-order valence-electron chi connectivity index (χ1n) is 8.95. The lowest BCUT2D eigenvalue weighted by Gasteiger charge is -2.23. The number of para-hydroxylation sites is 1. The maximum atomic E-state index is 10.1. The molecule has 0 bridgehead atoms. The van der Waals surface area contributed by atoms with Gasteiger partial charge in [0.15, 0.2) is 5.82 Å². The minimum Gasteiger partial charge on any atom is -0.507 e.